The molecule has 2 heterocycles. The molecule has 6 heteroatoms. The minimum absolute atomic E-state index is 0.0695. The highest BCUT2D eigenvalue weighted by Crippen LogP contribution is 2.37. The maximum Gasteiger partial charge on any atom is 0.319 e. The Bertz CT molecular complexity index is 477. The Morgan fingerprint density at radius 2 is 1.96 bits per heavy atom. The lowest BCUT2D eigenvalue weighted by Gasteiger charge is -2.34. The topological polar surface area (TPSA) is 47.1 Å². The van der Waals surface area contributed by atoms with Gasteiger partial charge < -0.3 is 19.6 Å². The number of urea groups is 1. The van der Waals surface area contributed by atoms with Crippen LogP contribution in [0.15, 0.2) is 0 Å². The Morgan fingerprint density at radius 3 is 2.52 bits per heavy atom. The molecule has 2 saturated heterocycles. The number of hydrogen-bond donors (Lipinski definition) is 0. The molecule has 23 heavy (non-hydrogen) atoms. The zero-order valence-corrected chi connectivity index (χ0v) is 14.8. The van der Waals surface area contributed by atoms with Crippen LogP contribution in [0, 0.1) is 11.3 Å². The summed E-state index contributed by atoms with van der Waals surface area (Å²) >= 11 is 0. The number of nitrogens with zero attached hydrogens (tertiary/aromatic N) is 4. The molecule has 3 aliphatic rings. The third-order valence-corrected chi connectivity index (χ3v) is 5.42. The molecule has 0 bridgehead atoms. The van der Waals surface area contributed by atoms with Gasteiger partial charge in [-0.1, -0.05) is 0 Å². The lowest BCUT2D eigenvalue weighted by molar-refractivity contribution is -0.127. The van der Waals surface area contributed by atoms with Gasteiger partial charge in [-0.2, -0.15) is 0 Å². The quantitative estimate of drug-likeness (QED) is 0.777. The number of carbonyl (C=O) groups is 2. The van der Waals surface area contributed by atoms with Crippen molar-refractivity contribution in [2.75, 3.05) is 59.9 Å². The highest BCUT2D eigenvalue weighted by Gasteiger charge is 2.47. The van der Waals surface area contributed by atoms with Crippen LogP contribution in [-0.2, 0) is 4.79 Å². The molecule has 1 spiro atoms. The first-order chi connectivity index (χ1) is 10.9. The summed E-state index contributed by atoms with van der Waals surface area (Å²) in [5, 5.41) is 0. The molecule has 0 radical (unpaired) electrons. The fraction of sp³-hybridized carbons (Fsp3) is 0.882. The van der Waals surface area contributed by atoms with Crippen molar-refractivity contribution < 1.29 is 9.59 Å². The van der Waals surface area contributed by atoms with E-state index in [4.69, 9.17) is 0 Å². The first-order valence-corrected chi connectivity index (χ1v) is 8.89. The van der Waals surface area contributed by atoms with E-state index < -0.39 is 0 Å². The van der Waals surface area contributed by atoms with Gasteiger partial charge in [0.15, 0.2) is 0 Å². The maximum atomic E-state index is 12.5. The zero-order valence-electron chi connectivity index (χ0n) is 14.8. The van der Waals surface area contributed by atoms with Crippen LogP contribution in [0.3, 0.4) is 0 Å². The van der Waals surface area contributed by atoms with E-state index in [0.717, 1.165) is 45.2 Å². The molecule has 0 aromatic rings. The average molecular weight is 322 g/mol. The van der Waals surface area contributed by atoms with Crippen LogP contribution < -0.4 is 0 Å². The molecule has 0 aromatic carbocycles. The van der Waals surface area contributed by atoms with Crippen molar-refractivity contribution in [2.45, 2.75) is 26.2 Å². The van der Waals surface area contributed by atoms with Crippen molar-refractivity contribution in [3.63, 3.8) is 0 Å². The number of carbonyl (C=O) groups excluding carboxylic acids is 2. The second-order valence-corrected chi connectivity index (χ2v) is 7.86. The number of rotatable bonds is 3. The molecule has 3 rings (SSSR count). The molecule has 0 aromatic heterocycles. The summed E-state index contributed by atoms with van der Waals surface area (Å²) in [7, 11) is 3.61. The predicted octanol–water partition coefficient (Wildman–Crippen LogP) is 0.934. The molecule has 3 fully saturated rings. The lowest BCUT2D eigenvalue weighted by atomic mass is 9.86. The first kappa shape index (κ1) is 16.6. The third-order valence-electron chi connectivity index (χ3n) is 5.42. The van der Waals surface area contributed by atoms with Crippen LogP contribution in [0.4, 0.5) is 4.79 Å². The van der Waals surface area contributed by atoms with Gasteiger partial charge in [-0.05, 0) is 25.7 Å². The van der Waals surface area contributed by atoms with Gasteiger partial charge in [-0.15, -0.1) is 0 Å². The minimum Gasteiger partial charge on any atom is -0.342 e. The van der Waals surface area contributed by atoms with E-state index in [1.165, 1.54) is 12.8 Å². The van der Waals surface area contributed by atoms with Gasteiger partial charge in [0.25, 0.3) is 0 Å². The first-order valence-electron chi connectivity index (χ1n) is 8.89. The van der Waals surface area contributed by atoms with Crippen molar-refractivity contribution in [1.29, 1.82) is 0 Å². The van der Waals surface area contributed by atoms with Crippen LogP contribution in [-0.4, -0.2) is 91.4 Å². The van der Waals surface area contributed by atoms with Crippen LogP contribution >= 0.6 is 0 Å². The van der Waals surface area contributed by atoms with Crippen LogP contribution in [0.5, 0.6) is 0 Å². The highest BCUT2D eigenvalue weighted by molar-refractivity contribution is 5.80. The fourth-order valence-corrected chi connectivity index (χ4v) is 4.10. The third kappa shape index (κ3) is 3.62. The Morgan fingerprint density at radius 1 is 1.22 bits per heavy atom. The Hall–Kier alpha value is -1.30. The number of hydrogen-bond acceptors (Lipinski definition) is 3. The Kier molecular flexibility index (Phi) is 4.54. The van der Waals surface area contributed by atoms with E-state index in [1.807, 2.05) is 16.7 Å². The minimum atomic E-state index is -0.0931. The zero-order chi connectivity index (χ0) is 16.6. The van der Waals surface area contributed by atoms with Crippen LogP contribution in [0.2, 0.25) is 0 Å². The standard InChI is InChI=1S/C17H30N4O2/c1-4-20-12-17(9-15(20)22)11-19(10-14-5-6-14)7-8-21(13-17)16(23)18(2)3/h14H,4-13H2,1-3H3/t17-/m0/s1. The molecule has 1 saturated carbocycles. The molecule has 0 N–H and O–H groups in total. The average Bonchev–Trinajstić information content (AvgIpc) is 3.27. The summed E-state index contributed by atoms with van der Waals surface area (Å²) in [6.45, 7) is 8.08. The number of likely N-dealkylation sites (tertiary alicyclic amines) is 1. The molecule has 130 valence electrons. The van der Waals surface area contributed by atoms with Gasteiger partial charge in [-0.25, -0.2) is 4.79 Å². The normalized spacial score (nSPS) is 29.3. The highest BCUT2D eigenvalue weighted by atomic mass is 16.2. The Balaban J connectivity index is 1.78. The van der Waals surface area contributed by atoms with Crippen molar-refractivity contribution in [3.05, 3.63) is 0 Å². The molecule has 1 aliphatic carbocycles. The van der Waals surface area contributed by atoms with Gasteiger partial charge in [-0.3, -0.25) is 4.79 Å². The van der Waals surface area contributed by atoms with Crippen LogP contribution in [0.1, 0.15) is 26.2 Å². The van der Waals surface area contributed by atoms with Crippen molar-refractivity contribution in [1.82, 2.24) is 19.6 Å². The molecular weight excluding hydrogens is 292 g/mol. The number of amides is 3. The van der Waals surface area contributed by atoms with Gasteiger partial charge in [0.1, 0.15) is 0 Å². The smallest absolute Gasteiger partial charge is 0.319 e. The second kappa shape index (κ2) is 6.30. The summed E-state index contributed by atoms with van der Waals surface area (Å²) in [5.41, 5.74) is -0.0931. The summed E-state index contributed by atoms with van der Waals surface area (Å²) in [4.78, 5) is 32.9. The van der Waals surface area contributed by atoms with E-state index in [1.54, 1.807) is 19.0 Å². The van der Waals surface area contributed by atoms with Crippen molar-refractivity contribution in [2.24, 2.45) is 11.3 Å². The molecule has 1 atom stereocenters. The SMILES string of the molecule is CCN1C[C@]2(CC1=O)CN(CC1CC1)CCN(C(=O)N(C)C)C2. The molecule has 2 aliphatic heterocycles. The molecule has 6 nitrogen and oxygen atoms in total. The molecular formula is C17H30N4O2. The van der Waals surface area contributed by atoms with Crippen molar-refractivity contribution in [3.8, 4) is 0 Å². The van der Waals surface area contributed by atoms with E-state index in [-0.39, 0.29) is 17.4 Å². The van der Waals surface area contributed by atoms with Crippen LogP contribution in [0.25, 0.3) is 0 Å². The molecule has 3 amide bonds. The van der Waals surface area contributed by atoms with Gasteiger partial charge >= 0.3 is 6.03 Å². The van der Waals surface area contributed by atoms with E-state index in [9.17, 15) is 9.59 Å². The lowest BCUT2D eigenvalue weighted by Crippen LogP contribution is -2.47. The largest absolute Gasteiger partial charge is 0.342 e. The van der Waals surface area contributed by atoms with E-state index in [0.29, 0.717) is 13.0 Å². The fourth-order valence-electron chi connectivity index (χ4n) is 4.10. The summed E-state index contributed by atoms with van der Waals surface area (Å²) in [6, 6.07) is 0.0695. The summed E-state index contributed by atoms with van der Waals surface area (Å²) < 4.78 is 0. The second-order valence-electron chi connectivity index (χ2n) is 7.86. The van der Waals surface area contributed by atoms with E-state index >= 15 is 0 Å². The van der Waals surface area contributed by atoms with Gasteiger partial charge in [0.2, 0.25) is 5.91 Å². The maximum absolute atomic E-state index is 12.5. The molecule has 0 unspecified atom stereocenters. The summed E-state index contributed by atoms with van der Waals surface area (Å²) in [5.74, 6) is 1.08. The predicted molar refractivity (Wildman–Crippen MR) is 89.1 cm³/mol. The van der Waals surface area contributed by atoms with E-state index in [2.05, 4.69) is 4.90 Å². The summed E-state index contributed by atoms with van der Waals surface area (Å²) in [6.07, 6.45) is 3.26. The van der Waals surface area contributed by atoms with Gasteiger partial charge in [0.05, 0.1) is 0 Å². The van der Waals surface area contributed by atoms with Crippen molar-refractivity contribution >= 4 is 11.9 Å². The van der Waals surface area contributed by atoms with Gasteiger partial charge in [0, 0.05) is 71.7 Å². The monoisotopic (exact) mass is 322 g/mol. The Labute approximate surface area is 139 Å².